The fourth-order valence-corrected chi connectivity index (χ4v) is 2.83. The van der Waals surface area contributed by atoms with Crippen molar-refractivity contribution in [3.63, 3.8) is 0 Å². The normalized spacial score (nSPS) is 29.2. The molecule has 0 spiro atoms. The molecule has 108 valence electrons. The molecule has 1 rings (SSSR count). The summed E-state index contributed by atoms with van der Waals surface area (Å²) in [5, 5.41) is 3.68. The van der Waals surface area contributed by atoms with Crippen molar-refractivity contribution in [2.75, 3.05) is 13.2 Å². The first kappa shape index (κ1) is 16.0. The van der Waals surface area contributed by atoms with Crippen LogP contribution in [0.15, 0.2) is 0 Å². The first-order valence-electron chi connectivity index (χ1n) is 7.89. The molecule has 2 heteroatoms. The average molecular weight is 255 g/mol. The van der Waals surface area contributed by atoms with Crippen LogP contribution in [0, 0.1) is 17.8 Å². The van der Waals surface area contributed by atoms with E-state index in [-0.39, 0.29) is 0 Å². The van der Waals surface area contributed by atoms with Crippen LogP contribution >= 0.6 is 0 Å². The van der Waals surface area contributed by atoms with Gasteiger partial charge in [-0.2, -0.15) is 0 Å². The highest BCUT2D eigenvalue weighted by molar-refractivity contribution is 4.86. The average Bonchev–Trinajstić information content (AvgIpc) is 2.33. The second-order valence-corrected chi connectivity index (χ2v) is 6.64. The van der Waals surface area contributed by atoms with Gasteiger partial charge in [0.05, 0.1) is 6.10 Å². The summed E-state index contributed by atoms with van der Waals surface area (Å²) in [6.07, 6.45) is 5.53. The van der Waals surface area contributed by atoms with Crippen LogP contribution in [0.3, 0.4) is 0 Å². The topological polar surface area (TPSA) is 21.3 Å². The minimum absolute atomic E-state index is 0.431. The zero-order valence-electron chi connectivity index (χ0n) is 13.0. The monoisotopic (exact) mass is 255 g/mol. The van der Waals surface area contributed by atoms with Gasteiger partial charge >= 0.3 is 0 Å². The van der Waals surface area contributed by atoms with Gasteiger partial charge in [0.25, 0.3) is 0 Å². The van der Waals surface area contributed by atoms with Gasteiger partial charge in [0.15, 0.2) is 0 Å². The van der Waals surface area contributed by atoms with E-state index in [1.807, 2.05) is 0 Å². The lowest BCUT2D eigenvalue weighted by molar-refractivity contribution is -0.0270. The summed E-state index contributed by atoms with van der Waals surface area (Å²) in [4.78, 5) is 0. The maximum Gasteiger partial charge on any atom is 0.0730 e. The third kappa shape index (κ3) is 5.27. The number of rotatable bonds is 7. The molecule has 0 saturated heterocycles. The highest BCUT2D eigenvalue weighted by atomic mass is 16.5. The van der Waals surface area contributed by atoms with Gasteiger partial charge in [-0.05, 0) is 50.0 Å². The van der Waals surface area contributed by atoms with Crippen molar-refractivity contribution in [3.8, 4) is 0 Å². The first-order chi connectivity index (χ1) is 8.54. The Bertz CT molecular complexity index is 215. The molecular formula is C16H33NO. The van der Waals surface area contributed by atoms with Crippen molar-refractivity contribution < 1.29 is 4.74 Å². The SMILES string of the molecule is CCCNC1CCC(C(C)C)CC1OCC(C)C. The fraction of sp³-hybridized carbons (Fsp3) is 1.00. The van der Waals surface area contributed by atoms with Crippen molar-refractivity contribution in [1.29, 1.82) is 0 Å². The van der Waals surface area contributed by atoms with Crippen LogP contribution in [-0.2, 0) is 4.74 Å². The molecule has 1 aliphatic rings. The molecule has 18 heavy (non-hydrogen) atoms. The van der Waals surface area contributed by atoms with Crippen LogP contribution in [0.5, 0.6) is 0 Å². The molecule has 2 nitrogen and oxygen atoms in total. The van der Waals surface area contributed by atoms with Crippen LogP contribution in [-0.4, -0.2) is 25.3 Å². The Labute approximate surface area is 114 Å². The molecular weight excluding hydrogens is 222 g/mol. The molecule has 0 radical (unpaired) electrons. The summed E-state index contributed by atoms with van der Waals surface area (Å²) >= 11 is 0. The van der Waals surface area contributed by atoms with Crippen LogP contribution in [0.25, 0.3) is 0 Å². The summed E-state index contributed by atoms with van der Waals surface area (Å²) in [6.45, 7) is 13.4. The summed E-state index contributed by atoms with van der Waals surface area (Å²) in [6, 6.07) is 0.582. The van der Waals surface area contributed by atoms with Gasteiger partial charge in [0, 0.05) is 12.6 Å². The highest BCUT2D eigenvalue weighted by Crippen LogP contribution is 2.32. The number of ether oxygens (including phenoxy) is 1. The van der Waals surface area contributed by atoms with Crippen molar-refractivity contribution in [2.24, 2.45) is 17.8 Å². The Kier molecular flexibility index (Phi) is 7.25. The van der Waals surface area contributed by atoms with E-state index in [9.17, 15) is 0 Å². The molecule has 0 heterocycles. The number of hydrogen-bond acceptors (Lipinski definition) is 2. The summed E-state index contributed by atoms with van der Waals surface area (Å²) in [7, 11) is 0. The summed E-state index contributed by atoms with van der Waals surface area (Å²) < 4.78 is 6.17. The predicted octanol–water partition coefficient (Wildman–Crippen LogP) is 3.85. The Hall–Kier alpha value is -0.0800. The van der Waals surface area contributed by atoms with E-state index >= 15 is 0 Å². The molecule has 0 aliphatic heterocycles. The molecule has 0 aromatic rings. The lowest BCUT2D eigenvalue weighted by Crippen LogP contribution is -2.47. The predicted molar refractivity (Wildman–Crippen MR) is 78.8 cm³/mol. The summed E-state index contributed by atoms with van der Waals surface area (Å²) in [5.74, 6) is 2.28. The van der Waals surface area contributed by atoms with E-state index in [4.69, 9.17) is 4.74 Å². The van der Waals surface area contributed by atoms with Crippen LogP contribution in [0.1, 0.15) is 60.3 Å². The highest BCUT2D eigenvalue weighted by Gasteiger charge is 2.32. The van der Waals surface area contributed by atoms with E-state index in [0.29, 0.717) is 18.1 Å². The maximum atomic E-state index is 6.17. The van der Waals surface area contributed by atoms with Crippen LogP contribution in [0.2, 0.25) is 0 Å². The quantitative estimate of drug-likeness (QED) is 0.746. The van der Waals surface area contributed by atoms with Crippen molar-refractivity contribution in [1.82, 2.24) is 5.32 Å². The largest absolute Gasteiger partial charge is 0.376 e. The molecule has 0 amide bonds. The smallest absolute Gasteiger partial charge is 0.0730 e. The van der Waals surface area contributed by atoms with Gasteiger partial charge in [-0.25, -0.2) is 0 Å². The lowest BCUT2D eigenvalue weighted by atomic mass is 9.78. The lowest BCUT2D eigenvalue weighted by Gasteiger charge is -2.38. The molecule has 1 N–H and O–H groups in total. The van der Waals surface area contributed by atoms with E-state index in [1.165, 1.54) is 25.7 Å². The molecule has 0 aromatic heterocycles. The third-order valence-electron chi connectivity index (χ3n) is 4.08. The number of hydrogen-bond donors (Lipinski definition) is 1. The van der Waals surface area contributed by atoms with Crippen LogP contribution < -0.4 is 5.32 Å². The molecule has 0 bridgehead atoms. The van der Waals surface area contributed by atoms with Gasteiger partial charge in [-0.1, -0.05) is 34.6 Å². The zero-order chi connectivity index (χ0) is 13.5. The van der Waals surface area contributed by atoms with Gasteiger partial charge in [0.2, 0.25) is 0 Å². The zero-order valence-corrected chi connectivity index (χ0v) is 13.0. The third-order valence-corrected chi connectivity index (χ3v) is 4.08. The maximum absolute atomic E-state index is 6.17. The molecule has 1 aliphatic carbocycles. The van der Waals surface area contributed by atoms with Crippen molar-refractivity contribution in [2.45, 2.75) is 72.4 Å². The molecule has 1 saturated carbocycles. The molecule has 3 unspecified atom stereocenters. The molecule has 0 aromatic carbocycles. The van der Waals surface area contributed by atoms with Gasteiger partial charge in [-0.15, -0.1) is 0 Å². The Morgan fingerprint density at radius 1 is 1.17 bits per heavy atom. The minimum Gasteiger partial charge on any atom is -0.376 e. The van der Waals surface area contributed by atoms with Gasteiger partial charge in [-0.3, -0.25) is 0 Å². The van der Waals surface area contributed by atoms with E-state index < -0.39 is 0 Å². The van der Waals surface area contributed by atoms with Crippen molar-refractivity contribution >= 4 is 0 Å². The Balaban J connectivity index is 2.49. The van der Waals surface area contributed by atoms with E-state index in [0.717, 1.165) is 25.0 Å². The second kappa shape index (κ2) is 8.16. The minimum atomic E-state index is 0.431. The fourth-order valence-electron chi connectivity index (χ4n) is 2.83. The van der Waals surface area contributed by atoms with Gasteiger partial charge in [0.1, 0.15) is 0 Å². The summed E-state index contributed by atoms with van der Waals surface area (Å²) in [5.41, 5.74) is 0. The van der Waals surface area contributed by atoms with E-state index in [2.05, 4.69) is 39.9 Å². The number of nitrogens with one attached hydrogen (secondary N) is 1. The molecule has 3 atom stereocenters. The van der Waals surface area contributed by atoms with Crippen LogP contribution in [0.4, 0.5) is 0 Å². The Morgan fingerprint density at radius 2 is 1.89 bits per heavy atom. The Morgan fingerprint density at radius 3 is 2.44 bits per heavy atom. The second-order valence-electron chi connectivity index (χ2n) is 6.64. The first-order valence-corrected chi connectivity index (χ1v) is 7.89. The van der Waals surface area contributed by atoms with Gasteiger partial charge < -0.3 is 10.1 Å². The van der Waals surface area contributed by atoms with E-state index in [1.54, 1.807) is 0 Å². The standard InChI is InChI=1S/C16H33NO/c1-6-9-17-15-8-7-14(13(4)5)10-16(15)18-11-12(2)3/h12-17H,6-11H2,1-5H3. The molecule has 1 fully saturated rings. The van der Waals surface area contributed by atoms with Crippen molar-refractivity contribution in [3.05, 3.63) is 0 Å².